The molecule has 2 amide bonds. The highest BCUT2D eigenvalue weighted by Crippen LogP contribution is 2.34. The smallest absolute Gasteiger partial charge is 0.298 e. The third-order valence-corrected chi connectivity index (χ3v) is 6.05. The second kappa shape index (κ2) is 10.4. The number of nitrogens with zero attached hydrogens (tertiary/aromatic N) is 6. The molecule has 4 aromatic rings. The summed E-state index contributed by atoms with van der Waals surface area (Å²) in [6.07, 6.45) is 3.71. The maximum absolute atomic E-state index is 12.6. The molecule has 1 saturated heterocycles. The van der Waals surface area contributed by atoms with Crippen molar-refractivity contribution in [3.63, 3.8) is 0 Å². The van der Waals surface area contributed by atoms with Gasteiger partial charge in [-0.25, -0.2) is 19.6 Å². The summed E-state index contributed by atoms with van der Waals surface area (Å²) in [6, 6.07) is 12.2. The van der Waals surface area contributed by atoms with Gasteiger partial charge < -0.3 is 20.7 Å². The lowest BCUT2D eigenvalue weighted by Gasteiger charge is -2.14. The van der Waals surface area contributed by atoms with Crippen LogP contribution in [0.1, 0.15) is 22.8 Å². The second-order valence-electron chi connectivity index (χ2n) is 8.43. The maximum atomic E-state index is 12.6. The predicted molar refractivity (Wildman–Crippen MR) is 137 cm³/mol. The van der Waals surface area contributed by atoms with E-state index in [1.165, 1.54) is 13.4 Å². The zero-order valence-corrected chi connectivity index (χ0v) is 20.1. The number of hydrogen-bond acceptors (Lipinski definition) is 8. The van der Waals surface area contributed by atoms with Crippen LogP contribution in [0.5, 0.6) is 0 Å². The van der Waals surface area contributed by atoms with E-state index in [0.717, 1.165) is 5.56 Å². The maximum Gasteiger partial charge on any atom is 0.298 e. The van der Waals surface area contributed by atoms with Crippen LogP contribution in [-0.2, 0) is 9.53 Å². The molecule has 1 aromatic carbocycles. The monoisotopic (exact) mass is 496 g/mol. The largest absolute Gasteiger partial charge is 0.383 e. The van der Waals surface area contributed by atoms with Crippen molar-refractivity contribution in [2.45, 2.75) is 12.5 Å². The number of fused-ring (bicyclic) bond motifs is 1. The molecule has 0 aliphatic carbocycles. The minimum Gasteiger partial charge on any atom is -0.383 e. The van der Waals surface area contributed by atoms with Crippen molar-refractivity contribution in [3.05, 3.63) is 60.6 Å². The first-order chi connectivity index (χ1) is 18.0. The lowest BCUT2D eigenvalue weighted by molar-refractivity contribution is -0.124. The lowest BCUT2D eigenvalue weighted by Crippen LogP contribution is -2.28. The number of likely N-dealkylation sites (tertiary alicyclic amines) is 1. The molecule has 37 heavy (non-hydrogen) atoms. The van der Waals surface area contributed by atoms with Crippen LogP contribution in [0.15, 0.2) is 55.0 Å². The number of ether oxygens (including phenoxy) is 1. The molecule has 1 aliphatic heterocycles. The molecule has 186 valence electrons. The van der Waals surface area contributed by atoms with Gasteiger partial charge in [0.05, 0.1) is 11.4 Å². The number of anilines is 2. The Hall–Kier alpha value is -4.82. The Labute approximate surface area is 212 Å². The van der Waals surface area contributed by atoms with E-state index in [4.69, 9.17) is 15.6 Å². The fraction of sp³-hybridized carbons (Fsp3) is 0.231. The van der Waals surface area contributed by atoms with Crippen molar-refractivity contribution in [2.24, 2.45) is 0 Å². The fourth-order valence-corrected chi connectivity index (χ4v) is 4.25. The Morgan fingerprint density at radius 1 is 1.16 bits per heavy atom. The molecule has 1 aliphatic rings. The summed E-state index contributed by atoms with van der Waals surface area (Å²) in [6.45, 7) is 1.21. The van der Waals surface area contributed by atoms with Gasteiger partial charge >= 0.3 is 0 Å². The van der Waals surface area contributed by atoms with Crippen LogP contribution < -0.4 is 11.1 Å². The number of aromatic nitrogens is 5. The number of rotatable bonds is 5. The Morgan fingerprint density at radius 2 is 2.00 bits per heavy atom. The molecule has 0 spiro atoms. The van der Waals surface area contributed by atoms with Gasteiger partial charge in [-0.05, 0) is 36.6 Å². The number of nitrogens with one attached hydrogen (secondary N) is 1. The normalized spacial score (nSPS) is 14.8. The molecule has 4 heterocycles. The van der Waals surface area contributed by atoms with Crippen LogP contribution in [0.4, 0.5) is 11.6 Å². The minimum atomic E-state index is -0.271. The summed E-state index contributed by atoms with van der Waals surface area (Å²) in [7, 11) is 1.53. The zero-order valence-electron chi connectivity index (χ0n) is 20.1. The van der Waals surface area contributed by atoms with Crippen LogP contribution in [0.25, 0.3) is 22.3 Å². The first-order valence-electron chi connectivity index (χ1n) is 11.6. The summed E-state index contributed by atoms with van der Waals surface area (Å²) in [5.74, 6) is 5.57. The Morgan fingerprint density at radius 3 is 2.76 bits per heavy atom. The molecule has 11 heteroatoms. The van der Waals surface area contributed by atoms with Gasteiger partial charge in [0.15, 0.2) is 5.65 Å². The second-order valence-corrected chi connectivity index (χ2v) is 8.43. The van der Waals surface area contributed by atoms with Gasteiger partial charge in [0.25, 0.3) is 11.8 Å². The molecule has 0 bridgehead atoms. The molecular formula is C26H24N8O3. The summed E-state index contributed by atoms with van der Waals surface area (Å²) < 4.78 is 6.69. The van der Waals surface area contributed by atoms with E-state index in [1.54, 1.807) is 46.1 Å². The lowest BCUT2D eigenvalue weighted by atomic mass is 10.1. The first kappa shape index (κ1) is 23.9. The van der Waals surface area contributed by atoms with E-state index in [1.807, 2.05) is 12.1 Å². The zero-order chi connectivity index (χ0) is 25.8. The number of methoxy groups -OCH3 is 1. The topological polar surface area (TPSA) is 141 Å². The van der Waals surface area contributed by atoms with Crippen LogP contribution in [0, 0.1) is 11.8 Å². The van der Waals surface area contributed by atoms with E-state index in [2.05, 4.69) is 32.1 Å². The molecule has 3 N–H and O–H groups in total. The van der Waals surface area contributed by atoms with Gasteiger partial charge in [0.1, 0.15) is 30.3 Å². The molecular weight excluding hydrogens is 472 g/mol. The molecule has 0 saturated carbocycles. The molecule has 1 fully saturated rings. The number of benzene rings is 1. The average molecular weight is 497 g/mol. The van der Waals surface area contributed by atoms with Gasteiger partial charge in [-0.1, -0.05) is 24.1 Å². The highest BCUT2D eigenvalue weighted by molar-refractivity contribution is 6.04. The highest BCUT2D eigenvalue weighted by atomic mass is 16.5. The summed E-state index contributed by atoms with van der Waals surface area (Å²) >= 11 is 0. The van der Waals surface area contributed by atoms with Gasteiger partial charge in [0.2, 0.25) is 0 Å². The van der Waals surface area contributed by atoms with Gasteiger partial charge in [-0.3, -0.25) is 9.59 Å². The van der Waals surface area contributed by atoms with Crippen molar-refractivity contribution < 1.29 is 14.3 Å². The Kier molecular flexibility index (Phi) is 6.74. The van der Waals surface area contributed by atoms with E-state index < -0.39 is 0 Å². The van der Waals surface area contributed by atoms with Crippen LogP contribution in [0.2, 0.25) is 0 Å². The fourth-order valence-electron chi connectivity index (χ4n) is 4.25. The van der Waals surface area contributed by atoms with Crippen LogP contribution >= 0.6 is 0 Å². The number of carbonyl (C=O) groups excluding carboxylic acids is 2. The Bertz CT molecular complexity index is 1510. The number of amides is 2. The van der Waals surface area contributed by atoms with Crippen molar-refractivity contribution in [1.82, 2.24) is 29.6 Å². The third-order valence-electron chi connectivity index (χ3n) is 6.05. The molecule has 5 rings (SSSR count). The first-order valence-corrected chi connectivity index (χ1v) is 11.6. The van der Waals surface area contributed by atoms with E-state index in [9.17, 15) is 9.59 Å². The van der Waals surface area contributed by atoms with E-state index >= 15 is 0 Å². The summed E-state index contributed by atoms with van der Waals surface area (Å²) in [5, 5.41) is 8.23. The van der Waals surface area contributed by atoms with E-state index in [-0.39, 0.29) is 24.5 Å². The highest BCUT2D eigenvalue weighted by Gasteiger charge is 2.30. The molecule has 1 atom stereocenters. The van der Waals surface area contributed by atoms with E-state index in [0.29, 0.717) is 53.4 Å². The molecule has 0 radical (unpaired) electrons. The molecule has 3 aromatic heterocycles. The number of carbonyl (C=O) groups is 2. The molecule has 11 nitrogen and oxygen atoms in total. The summed E-state index contributed by atoms with van der Waals surface area (Å²) in [4.78, 5) is 39.5. The SMILES string of the molecule is COCC#CC(=O)N1CCC(n2nc(-c3ccc(C(=O)Nc4ccccn4)cc3)c3c(N)ncnc32)C1. The number of hydrogen-bond donors (Lipinski definition) is 2. The van der Waals surface area contributed by atoms with Gasteiger partial charge in [-0.2, -0.15) is 5.10 Å². The van der Waals surface area contributed by atoms with Crippen molar-refractivity contribution in [3.8, 4) is 23.1 Å². The predicted octanol–water partition coefficient (Wildman–Crippen LogP) is 2.15. The average Bonchev–Trinajstić information content (AvgIpc) is 3.56. The Balaban J connectivity index is 1.41. The van der Waals surface area contributed by atoms with Crippen LogP contribution in [-0.4, -0.2) is 68.3 Å². The number of nitrogens with two attached hydrogens (primary N) is 1. The van der Waals surface area contributed by atoms with Gasteiger partial charge in [0, 0.05) is 37.5 Å². The molecule has 1 unspecified atom stereocenters. The quantitative estimate of drug-likeness (QED) is 0.401. The minimum absolute atomic E-state index is 0.0952. The summed E-state index contributed by atoms with van der Waals surface area (Å²) in [5.41, 5.74) is 8.67. The number of nitrogen functional groups attached to an aromatic ring is 1. The number of pyridine rings is 1. The third kappa shape index (κ3) is 4.96. The standard InChI is InChI=1S/C26H24N8O3/c1-37-14-4-6-21(35)33-13-11-19(15-33)34-25-22(24(27)29-16-30-25)23(32-34)17-7-9-18(10-8-17)26(36)31-20-5-2-3-12-28-20/h2-3,5,7-10,12,16,19H,11,13-15H2,1H3,(H2,27,29,30)(H,28,31,36). The van der Waals surface area contributed by atoms with Gasteiger partial charge in [-0.15, -0.1) is 0 Å². The van der Waals surface area contributed by atoms with Crippen LogP contribution in [0.3, 0.4) is 0 Å². The van der Waals surface area contributed by atoms with Crippen molar-refractivity contribution in [2.75, 3.05) is 37.9 Å². The van der Waals surface area contributed by atoms with Crippen molar-refractivity contribution in [1.29, 1.82) is 0 Å². The van der Waals surface area contributed by atoms with Crippen molar-refractivity contribution >= 4 is 34.5 Å².